The van der Waals surface area contributed by atoms with Crippen LogP contribution in [0.2, 0.25) is 0 Å². The van der Waals surface area contributed by atoms with Gasteiger partial charge in [-0.2, -0.15) is 0 Å². The Morgan fingerprint density at radius 2 is 2.29 bits per heavy atom. The van der Waals surface area contributed by atoms with Crippen molar-refractivity contribution >= 4 is 24.0 Å². The van der Waals surface area contributed by atoms with Crippen molar-refractivity contribution in [3.8, 4) is 0 Å². The third kappa shape index (κ3) is 3.48. The van der Waals surface area contributed by atoms with E-state index in [1.807, 2.05) is 6.92 Å². The molecule has 21 heavy (non-hydrogen) atoms. The summed E-state index contributed by atoms with van der Waals surface area (Å²) >= 11 is 0. The molecule has 1 aliphatic heterocycles. The third-order valence-electron chi connectivity index (χ3n) is 3.85. The molecule has 0 radical (unpaired) electrons. The quantitative estimate of drug-likeness (QED) is 0.673. The Labute approximate surface area is 129 Å². The van der Waals surface area contributed by atoms with E-state index < -0.39 is 4.92 Å². The van der Waals surface area contributed by atoms with Crippen LogP contribution in [-0.2, 0) is 0 Å². The molecular formula is C13H19ClN4O3. The average molecular weight is 315 g/mol. The first-order chi connectivity index (χ1) is 9.36. The molecule has 1 saturated heterocycles. The van der Waals surface area contributed by atoms with Crippen LogP contribution >= 0.6 is 12.4 Å². The van der Waals surface area contributed by atoms with E-state index in [1.165, 1.54) is 12.3 Å². The largest absolute Gasteiger partial charge is 0.338 e. The molecule has 1 unspecified atom stereocenters. The third-order valence-corrected chi connectivity index (χ3v) is 3.85. The number of halogens is 1. The van der Waals surface area contributed by atoms with Gasteiger partial charge in [0, 0.05) is 19.2 Å². The predicted octanol–water partition coefficient (Wildman–Crippen LogP) is 1.53. The maximum Gasteiger partial charge on any atom is 0.288 e. The van der Waals surface area contributed by atoms with Crippen molar-refractivity contribution in [2.24, 2.45) is 11.1 Å². The number of nitrogens with two attached hydrogens (primary N) is 1. The zero-order chi connectivity index (χ0) is 14.9. The normalized spacial score (nSPS) is 21.0. The minimum atomic E-state index is -0.544. The van der Waals surface area contributed by atoms with Crippen molar-refractivity contribution in [2.75, 3.05) is 19.6 Å². The van der Waals surface area contributed by atoms with Crippen LogP contribution < -0.4 is 5.73 Å². The molecule has 2 rings (SSSR count). The number of carbonyl (C=O) groups excluding carboxylic acids is 1. The number of nitro groups is 1. The molecule has 1 atom stereocenters. The first-order valence-corrected chi connectivity index (χ1v) is 6.47. The summed E-state index contributed by atoms with van der Waals surface area (Å²) in [7, 11) is 0. The molecule has 1 aliphatic rings. The molecule has 2 heterocycles. The molecule has 8 heteroatoms. The van der Waals surface area contributed by atoms with Gasteiger partial charge in [-0.15, -0.1) is 12.4 Å². The summed E-state index contributed by atoms with van der Waals surface area (Å²) in [6, 6.07) is 1.29. The SMILES string of the molecule is Cc1ncc([N+](=O)[O-])cc1C(=O)N1CCC(C)(CN)C1.Cl. The first kappa shape index (κ1) is 17.3. The van der Waals surface area contributed by atoms with Gasteiger partial charge < -0.3 is 10.6 Å². The van der Waals surface area contributed by atoms with Gasteiger partial charge >= 0.3 is 0 Å². The van der Waals surface area contributed by atoms with Gasteiger partial charge in [-0.3, -0.25) is 19.9 Å². The zero-order valence-electron chi connectivity index (χ0n) is 12.0. The first-order valence-electron chi connectivity index (χ1n) is 6.47. The van der Waals surface area contributed by atoms with Crippen LogP contribution in [0, 0.1) is 22.5 Å². The minimum absolute atomic E-state index is 0. The lowest BCUT2D eigenvalue weighted by Crippen LogP contribution is -2.34. The van der Waals surface area contributed by atoms with Gasteiger partial charge in [0.15, 0.2) is 0 Å². The van der Waals surface area contributed by atoms with E-state index in [2.05, 4.69) is 4.98 Å². The smallest absolute Gasteiger partial charge is 0.288 e. The number of rotatable bonds is 3. The predicted molar refractivity (Wildman–Crippen MR) is 80.6 cm³/mol. The van der Waals surface area contributed by atoms with E-state index in [0.717, 1.165) is 6.42 Å². The molecule has 0 aliphatic carbocycles. The maximum absolute atomic E-state index is 12.5. The van der Waals surface area contributed by atoms with E-state index >= 15 is 0 Å². The minimum Gasteiger partial charge on any atom is -0.338 e. The van der Waals surface area contributed by atoms with Gasteiger partial charge in [-0.1, -0.05) is 6.92 Å². The Morgan fingerprint density at radius 3 is 2.81 bits per heavy atom. The van der Waals surface area contributed by atoms with Gasteiger partial charge in [0.2, 0.25) is 0 Å². The second kappa shape index (κ2) is 6.36. The van der Waals surface area contributed by atoms with Crippen molar-refractivity contribution in [2.45, 2.75) is 20.3 Å². The van der Waals surface area contributed by atoms with Gasteiger partial charge in [0.25, 0.3) is 11.6 Å². The lowest BCUT2D eigenvalue weighted by Gasteiger charge is -2.22. The zero-order valence-corrected chi connectivity index (χ0v) is 12.9. The highest BCUT2D eigenvalue weighted by atomic mass is 35.5. The summed E-state index contributed by atoms with van der Waals surface area (Å²) in [6.45, 7) is 5.43. The van der Waals surface area contributed by atoms with Gasteiger partial charge in [-0.25, -0.2) is 0 Å². The number of likely N-dealkylation sites (tertiary alicyclic amines) is 1. The molecule has 0 aromatic carbocycles. The Kier molecular flexibility index (Phi) is 5.25. The van der Waals surface area contributed by atoms with E-state index in [4.69, 9.17) is 5.73 Å². The number of aryl methyl sites for hydroxylation is 1. The van der Waals surface area contributed by atoms with Crippen molar-refractivity contribution in [3.63, 3.8) is 0 Å². The molecular weight excluding hydrogens is 296 g/mol. The van der Waals surface area contributed by atoms with Crippen molar-refractivity contribution in [1.29, 1.82) is 0 Å². The number of hydrogen-bond acceptors (Lipinski definition) is 5. The van der Waals surface area contributed by atoms with Gasteiger partial charge in [-0.05, 0) is 25.3 Å². The average Bonchev–Trinajstić information content (AvgIpc) is 2.82. The van der Waals surface area contributed by atoms with E-state index in [0.29, 0.717) is 30.9 Å². The Morgan fingerprint density at radius 1 is 1.62 bits per heavy atom. The lowest BCUT2D eigenvalue weighted by atomic mass is 9.90. The topological polar surface area (TPSA) is 102 Å². The number of pyridine rings is 1. The van der Waals surface area contributed by atoms with Crippen LogP contribution in [0.5, 0.6) is 0 Å². The second-order valence-corrected chi connectivity index (χ2v) is 5.58. The Hall–Kier alpha value is -1.73. The molecule has 1 fully saturated rings. The summed E-state index contributed by atoms with van der Waals surface area (Å²) in [4.78, 5) is 28.3. The summed E-state index contributed by atoms with van der Waals surface area (Å²) in [5.74, 6) is -0.212. The van der Waals surface area contributed by atoms with Crippen molar-refractivity contribution < 1.29 is 9.72 Å². The molecule has 1 amide bonds. The van der Waals surface area contributed by atoms with Gasteiger partial charge in [0.1, 0.15) is 6.20 Å². The molecule has 116 valence electrons. The number of hydrogen-bond donors (Lipinski definition) is 1. The fourth-order valence-corrected chi connectivity index (χ4v) is 2.37. The highest BCUT2D eigenvalue weighted by molar-refractivity contribution is 5.96. The molecule has 0 saturated carbocycles. The highest BCUT2D eigenvalue weighted by Crippen LogP contribution is 2.30. The highest BCUT2D eigenvalue weighted by Gasteiger charge is 2.35. The monoisotopic (exact) mass is 314 g/mol. The van der Waals surface area contributed by atoms with Crippen LogP contribution in [0.25, 0.3) is 0 Å². The van der Waals surface area contributed by atoms with Crippen LogP contribution in [-0.4, -0.2) is 40.3 Å². The number of nitrogens with zero attached hydrogens (tertiary/aromatic N) is 3. The lowest BCUT2D eigenvalue weighted by molar-refractivity contribution is -0.385. The maximum atomic E-state index is 12.5. The van der Waals surface area contributed by atoms with Crippen molar-refractivity contribution in [3.05, 3.63) is 33.6 Å². The number of carbonyl (C=O) groups is 1. The number of aromatic nitrogens is 1. The Balaban J connectivity index is 0.00000220. The molecule has 1 aromatic heterocycles. The number of amides is 1. The Bertz CT molecular complexity index is 566. The summed E-state index contributed by atoms with van der Waals surface area (Å²) in [6.07, 6.45) is 2.01. The van der Waals surface area contributed by atoms with Crippen molar-refractivity contribution in [1.82, 2.24) is 9.88 Å². The summed E-state index contributed by atoms with van der Waals surface area (Å²) < 4.78 is 0. The van der Waals surface area contributed by atoms with E-state index in [1.54, 1.807) is 11.8 Å². The van der Waals surface area contributed by atoms with Gasteiger partial charge in [0.05, 0.1) is 16.2 Å². The van der Waals surface area contributed by atoms with Crippen LogP contribution in [0.15, 0.2) is 12.3 Å². The molecule has 0 spiro atoms. The van der Waals surface area contributed by atoms with Crippen LogP contribution in [0.3, 0.4) is 0 Å². The molecule has 0 bridgehead atoms. The molecule has 1 aromatic rings. The fourth-order valence-electron chi connectivity index (χ4n) is 2.37. The summed E-state index contributed by atoms with van der Waals surface area (Å²) in [5, 5.41) is 10.8. The standard InChI is InChI=1S/C13H18N4O3.ClH/c1-9-11(5-10(6-15-9)17(19)20)12(18)16-4-3-13(2,7-14)8-16;/h5-6H,3-4,7-8,14H2,1-2H3;1H. The molecule has 2 N–H and O–H groups in total. The fraction of sp³-hybridized carbons (Fsp3) is 0.538. The van der Waals surface area contributed by atoms with Crippen LogP contribution in [0.1, 0.15) is 29.4 Å². The van der Waals surface area contributed by atoms with E-state index in [9.17, 15) is 14.9 Å². The van der Waals surface area contributed by atoms with E-state index in [-0.39, 0.29) is 29.4 Å². The van der Waals surface area contributed by atoms with Crippen LogP contribution in [0.4, 0.5) is 5.69 Å². The molecule has 7 nitrogen and oxygen atoms in total. The summed E-state index contributed by atoms with van der Waals surface area (Å²) in [5.41, 5.74) is 6.28. The second-order valence-electron chi connectivity index (χ2n) is 5.58.